The Bertz CT molecular complexity index is 913. The fraction of sp³-hybridized carbons (Fsp3) is 0.318. The van der Waals surface area contributed by atoms with E-state index >= 15 is 0 Å². The third-order valence-corrected chi connectivity index (χ3v) is 4.21. The molecule has 2 rings (SSSR count). The van der Waals surface area contributed by atoms with E-state index in [0.29, 0.717) is 23.6 Å². The van der Waals surface area contributed by atoms with Gasteiger partial charge in [0.1, 0.15) is 17.6 Å². The number of ether oxygens (including phenoxy) is 1. The first kappa shape index (κ1) is 22.9. The lowest BCUT2D eigenvalue weighted by Crippen LogP contribution is -2.47. The smallest absolute Gasteiger partial charge is 0.251 e. The highest BCUT2D eigenvalue weighted by atomic mass is 19.1. The van der Waals surface area contributed by atoms with Gasteiger partial charge in [-0.1, -0.05) is 13.8 Å². The Morgan fingerprint density at radius 3 is 2.27 bits per heavy atom. The van der Waals surface area contributed by atoms with Gasteiger partial charge in [0.25, 0.3) is 5.91 Å². The molecule has 1 unspecified atom stereocenters. The lowest BCUT2D eigenvalue weighted by molar-refractivity contribution is -0.119. The van der Waals surface area contributed by atoms with Gasteiger partial charge in [-0.05, 0) is 55.3 Å². The van der Waals surface area contributed by atoms with Crippen LogP contribution in [0.1, 0.15) is 38.1 Å². The molecule has 1 atom stereocenters. The van der Waals surface area contributed by atoms with Gasteiger partial charge < -0.3 is 20.7 Å². The number of benzene rings is 2. The third kappa shape index (κ3) is 6.30. The topological polar surface area (TPSA) is 96.5 Å². The predicted molar refractivity (Wildman–Crippen MR) is 113 cm³/mol. The van der Waals surface area contributed by atoms with E-state index in [9.17, 15) is 18.8 Å². The second-order valence-electron chi connectivity index (χ2n) is 7.02. The standard InChI is InChI=1S/C22H26FN3O4/c1-5-30-17-9-6-15(7-10-17)21(28)26-20(13(2)3)22(29)25-16-8-11-18(23)19(12-16)24-14(4)27/h6-13,20H,5H2,1-4H3,(H,24,27)(H,25,29)(H,26,28). The molecule has 2 aromatic rings. The number of rotatable bonds is 8. The molecule has 2 aromatic carbocycles. The van der Waals surface area contributed by atoms with Gasteiger partial charge >= 0.3 is 0 Å². The molecule has 0 radical (unpaired) electrons. The number of halogens is 1. The van der Waals surface area contributed by atoms with E-state index in [2.05, 4.69) is 16.0 Å². The number of hydrogen-bond acceptors (Lipinski definition) is 4. The average molecular weight is 415 g/mol. The average Bonchev–Trinajstić information content (AvgIpc) is 2.68. The van der Waals surface area contributed by atoms with Crippen LogP contribution in [-0.2, 0) is 9.59 Å². The molecule has 160 valence electrons. The molecule has 0 bridgehead atoms. The van der Waals surface area contributed by atoms with Crippen LogP contribution in [0.4, 0.5) is 15.8 Å². The Balaban J connectivity index is 2.11. The first-order valence-electron chi connectivity index (χ1n) is 9.63. The number of carbonyl (C=O) groups excluding carboxylic acids is 3. The predicted octanol–water partition coefficient (Wildman–Crippen LogP) is 3.58. The molecular weight excluding hydrogens is 389 g/mol. The van der Waals surface area contributed by atoms with Gasteiger partial charge in [0.2, 0.25) is 11.8 Å². The number of carbonyl (C=O) groups is 3. The van der Waals surface area contributed by atoms with Gasteiger partial charge in [-0.15, -0.1) is 0 Å². The van der Waals surface area contributed by atoms with Crippen molar-refractivity contribution in [3.05, 3.63) is 53.8 Å². The number of amides is 3. The second-order valence-corrected chi connectivity index (χ2v) is 7.02. The summed E-state index contributed by atoms with van der Waals surface area (Å²) in [6.45, 7) is 7.25. The zero-order valence-electron chi connectivity index (χ0n) is 17.4. The lowest BCUT2D eigenvalue weighted by atomic mass is 10.0. The monoisotopic (exact) mass is 415 g/mol. The SMILES string of the molecule is CCOc1ccc(C(=O)NC(C(=O)Nc2ccc(F)c(NC(C)=O)c2)C(C)C)cc1. The first-order chi connectivity index (χ1) is 14.2. The largest absolute Gasteiger partial charge is 0.494 e. The molecule has 0 aliphatic carbocycles. The minimum atomic E-state index is -0.821. The van der Waals surface area contributed by atoms with Crippen molar-refractivity contribution in [3.63, 3.8) is 0 Å². The summed E-state index contributed by atoms with van der Waals surface area (Å²) in [6, 6.07) is 9.63. The van der Waals surface area contributed by atoms with Crippen LogP contribution in [0.3, 0.4) is 0 Å². The molecule has 0 aromatic heterocycles. The van der Waals surface area contributed by atoms with Gasteiger partial charge in [0, 0.05) is 18.2 Å². The maximum Gasteiger partial charge on any atom is 0.251 e. The number of nitrogens with one attached hydrogen (secondary N) is 3. The Hall–Kier alpha value is -3.42. The van der Waals surface area contributed by atoms with Crippen molar-refractivity contribution < 1.29 is 23.5 Å². The Morgan fingerprint density at radius 1 is 1.03 bits per heavy atom. The summed E-state index contributed by atoms with van der Waals surface area (Å²) in [5.41, 5.74) is 0.651. The Morgan fingerprint density at radius 2 is 1.70 bits per heavy atom. The van der Waals surface area contributed by atoms with E-state index in [1.807, 2.05) is 6.92 Å². The summed E-state index contributed by atoms with van der Waals surface area (Å²) in [6.07, 6.45) is 0. The van der Waals surface area contributed by atoms with Gasteiger partial charge in [0.05, 0.1) is 12.3 Å². The maximum atomic E-state index is 13.8. The van der Waals surface area contributed by atoms with Crippen molar-refractivity contribution in [2.75, 3.05) is 17.2 Å². The van der Waals surface area contributed by atoms with E-state index in [4.69, 9.17) is 4.74 Å². The van der Waals surface area contributed by atoms with Crippen LogP contribution in [-0.4, -0.2) is 30.4 Å². The highest BCUT2D eigenvalue weighted by Gasteiger charge is 2.25. The van der Waals surface area contributed by atoms with Crippen LogP contribution in [0, 0.1) is 11.7 Å². The number of anilines is 2. The summed E-state index contributed by atoms with van der Waals surface area (Å²) in [7, 11) is 0. The van der Waals surface area contributed by atoms with Crippen LogP contribution >= 0.6 is 0 Å². The fourth-order valence-corrected chi connectivity index (χ4v) is 2.74. The zero-order chi connectivity index (χ0) is 22.3. The van der Waals surface area contributed by atoms with Gasteiger partial charge in [-0.2, -0.15) is 0 Å². The van der Waals surface area contributed by atoms with Crippen molar-refractivity contribution in [1.29, 1.82) is 0 Å². The summed E-state index contributed by atoms with van der Waals surface area (Å²) in [5.74, 6) is -1.45. The second kappa shape index (κ2) is 10.4. The van der Waals surface area contributed by atoms with E-state index in [1.165, 1.54) is 19.1 Å². The van der Waals surface area contributed by atoms with E-state index < -0.39 is 29.6 Å². The van der Waals surface area contributed by atoms with Gasteiger partial charge in [0.15, 0.2) is 0 Å². The van der Waals surface area contributed by atoms with Crippen molar-refractivity contribution in [2.24, 2.45) is 5.92 Å². The van der Waals surface area contributed by atoms with Crippen molar-refractivity contribution in [2.45, 2.75) is 33.7 Å². The molecule has 3 amide bonds. The minimum Gasteiger partial charge on any atom is -0.494 e. The first-order valence-corrected chi connectivity index (χ1v) is 9.63. The molecule has 7 nitrogen and oxygen atoms in total. The molecular formula is C22H26FN3O4. The van der Waals surface area contributed by atoms with Crippen molar-refractivity contribution in [3.8, 4) is 5.75 Å². The van der Waals surface area contributed by atoms with Crippen LogP contribution in [0.25, 0.3) is 0 Å². The van der Waals surface area contributed by atoms with Crippen LogP contribution in [0.15, 0.2) is 42.5 Å². The molecule has 0 aliphatic heterocycles. The molecule has 3 N–H and O–H groups in total. The fourth-order valence-electron chi connectivity index (χ4n) is 2.74. The molecule has 30 heavy (non-hydrogen) atoms. The summed E-state index contributed by atoms with van der Waals surface area (Å²) < 4.78 is 19.2. The molecule has 0 fully saturated rings. The lowest BCUT2D eigenvalue weighted by Gasteiger charge is -2.22. The molecule has 0 aliphatic rings. The molecule has 8 heteroatoms. The van der Waals surface area contributed by atoms with Crippen molar-refractivity contribution >= 4 is 29.1 Å². The zero-order valence-corrected chi connectivity index (χ0v) is 17.4. The Kier molecular flexibility index (Phi) is 7.91. The van der Waals surface area contributed by atoms with Gasteiger partial charge in [-0.3, -0.25) is 14.4 Å². The van der Waals surface area contributed by atoms with Crippen LogP contribution in [0.2, 0.25) is 0 Å². The molecule has 0 heterocycles. The molecule has 0 saturated heterocycles. The highest BCUT2D eigenvalue weighted by molar-refractivity contribution is 6.01. The Labute approximate surface area is 175 Å². The summed E-state index contributed by atoms with van der Waals surface area (Å²) >= 11 is 0. The van der Waals surface area contributed by atoms with Crippen molar-refractivity contribution in [1.82, 2.24) is 5.32 Å². The third-order valence-electron chi connectivity index (χ3n) is 4.21. The summed E-state index contributed by atoms with van der Waals surface area (Å²) in [4.78, 5) is 36.5. The highest BCUT2D eigenvalue weighted by Crippen LogP contribution is 2.20. The van der Waals surface area contributed by atoms with Crippen LogP contribution < -0.4 is 20.7 Å². The van der Waals surface area contributed by atoms with E-state index in [-0.39, 0.29) is 11.6 Å². The molecule has 0 saturated carbocycles. The number of hydrogen-bond donors (Lipinski definition) is 3. The van der Waals surface area contributed by atoms with Crippen LogP contribution in [0.5, 0.6) is 5.75 Å². The van der Waals surface area contributed by atoms with Gasteiger partial charge in [-0.25, -0.2) is 4.39 Å². The normalized spacial score (nSPS) is 11.5. The van der Waals surface area contributed by atoms with E-state index in [1.54, 1.807) is 38.1 Å². The van der Waals surface area contributed by atoms with E-state index in [0.717, 1.165) is 6.07 Å². The maximum absolute atomic E-state index is 13.8. The molecule has 0 spiro atoms. The minimum absolute atomic E-state index is 0.0418. The summed E-state index contributed by atoms with van der Waals surface area (Å²) in [5, 5.41) is 7.74. The quantitative estimate of drug-likeness (QED) is 0.614.